The number of carbonyl (C=O) groups is 1. The molecule has 0 aromatic heterocycles. The van der Waals surface area contributed by atoms with Gasteiger partial charge in [-0.25, -0.2) is 0 Å². The van der Waals surface area contributed by atoms with E-state index in [0.29, 0.717) is 13.0 Å². The molecule has 1 aliphatic heterocycles. The van der Waals surface area contributed by atoms with Crippen molar-refractivity contribution in [3.63, 3.8) is 0 Å². The number of guanidine groups is 1. The lowest BCUT2D eigenvalue weighted by molar-refractivity contribution is -0.140. The third-order valence-corrected chi connectivity index (χ3v) is 3.20. The number of ether oxygens (including phenoxy) is 2. The number of nitrogens with one attached hydrogen (secondary N) is 2. The zero-order valence-electron chi connectivity index (χ0n) is 13.6. The van der Waals surface area contributed by atoms with Gasteiger partial charge in [0.05, 0.1) is 26.7 Å². The lowest BCUT2D eigenvalue weighted by atomic mass is 10.3. The molecule has 1 aliphatic rings. The minimum Gasteiger partial charge on any atom is -0.469 e. The Labute approximate surface area is 150 Å². The molecule has 1 saturated heterocycles. The van der Waals surface area contributed by atoms with Crippen LogP contribution in [0, 0.1) is 0 Å². The Morgan fingerprint density at radius 1 is 1.32 bits per heavy atom. The number of esters is 1. The first-order chi connectivity index (χ1) is 10.3. The molecule has 0 saturated carbocycles. The molecule has 8 heteroatoms. The summed E-state index contributed by atoms with van der Waals surface area (Å²) in [5.74, 6) is 0.536. The van der Waals surface area contributed by atoms with E-state index in [1.54, 1.807) is 0 Å². The third-order valence-electron chi connectivity index (χ3n) is 3.20. The van der Waals surface area contributed by atoms with Crippen LogP contribution in [-0.4, -0.2) is 76.4 Å². The first-order valence-corrected chi connectivity index (χ1v) is 7.65. The number of hydrogen-bond acceptors (Lipinski definition) is 5. The Hall–Kier alpha value is -0.610. The van der Waals surface area contributed by atoms with Gasteiger partial charge in [-0.1, -0.05) is 0 Å². The third kappa shape index (κ3) is 10.2. The molecule has 2 N–H and O–H groups in total. The summed E-state index contributed by atoms with van der Waals surface area (Å²) < 4.78 is 9.92. The number of nitrogens with zero attached hydrogens (tertiary/aromatic N) is 2. The van der Waals surface area contributed by atoms with Crippen LogP contribution in [0.4, 0.5) is 0 Å². The fraction of sp³-hybridized carbons (Fsp3) is 0.857. The van der Waals surface area contributed by atoms with Crippen molar-refractivity contribution in [2.24, 2.45) is 4.99 Å². The summed E-state index contributed by atoms with van der Waals surface area (Å²) >= 11 is 0. The van der Waals surface area contributed by atoms with E-state index in [2.05, 4.69) is 25.3 Å². The molecule has 0 radical (unpaired) electrons. The number of aliphatic imine (C=N–C) groups is 1. The summed E-state index contributed by atoms with van der Waals surface area (Å²) in [5, 5.41) is 6.29. The molecule has 1 fully saturated rings. The molecule has 0 aromatic rings. The molecular formula is C14H29IN4O3. The second-order valence-corrected chi connectivity index (χ2v) is 4.82. The molecule has 0 aliphatic carbocycles. The maximum Gasteiger partial charge on any atom is 0.307 e. The average molecular weight is 428 g/mol. The molecule has 22 heavy (non-hydrogen) atoms. The van der Waals surface area contributed by atoms with Crippen LogP contribution in [0.15, 0.2) is 4.99 Å². The van der Waals surface area contributed by atoms with E-state index in [-0.39, 0.29) is 29.9 Å². The lowest BCUT2D eigenvalue weighted by Crippen LogP contribution is -2.39. The van der Waals surface area contributed by atoms with E-state index in [0.717, 1.165) is 58.3 Å². The highest BCUT2D eigenvalue weighted by molar-refractivity contribution is 14.0. The van der Waals surface area contributed by atoms with E-state index in [9.17, 15) is 4.79 Å². The summed E-state index contributed by atoms with van der Waals surface area (Å²) in [5.41, 5.74) is 0. The fourth-order valence-electron chi connectivity index (χ4n) is 2.04. The molecule has 1 heterocycles. The summed E-state index contributed by atoms with van der Waals surface area (Å²) in [7, 11) is 1.40. The van der Waals surface area contributed by atoms with E-state index < -0.39 is 0 Å². The molecule has 130 valence electrons. The summed E-state index contributed by atoms with van der Waals surface area (Å²) in [6.45, 7) is 8.87. The number of carbonyl (C=O) groups excluding carboxylic acids is 1. The van der Waals surface area contributed by atoms with Crippen LogP contribution in [0.5, 0.6) is 0 Å². The highest BCUT2D eigenvalue weighted by atomic mass is 127. The van der Waals surface area contributed by atoms with Crippen LogP contribution in [0.2, 0.25) is 0 Å². The number of rotatable bonds is 8. The van der Waals surface area contributed by atoms with Crippen molar-refractivity contribution in [1.82, 2.24) is 15.5 Å². The predicted octanol–water partition coefficient (Wildman–Crippen LogP) is 0.445. The maximum absolute atomic E-state index is 11.0. The molecular weight excluding hydrogens is 399 g/mol. The number of morpholine rings is 1. The van der Waals surface area contributed by atoms with Crippen molar-refractivity contribution in [3.8, 4) is 0 Å². The largest absolute Gasteiger partial charge is 0.469 e. The topological polar surface area (TPSA) is 75.2 Å². The van der Waals surface area contributed by atoms with Crippen molar-refractivity contribution in [1.29, 1.82) is 0 Å². The average Bonchev–Trinajstić information content (AvgIpc) is 2.52. The first-order valence-electron chi connectivity index (χ1n) is 7.65. The Balaban J connectivity index is 0.00000441. The minimum absolute atomic E-state index is 0. The molecule has 0 unspecified atom stereocenters. The SMILES string of the molecule is CCNC(=NCCCN1CCOCC1)NCCC(=O)OC.I. The summed E-state index contributed by atoms with van der Waals surface area (Å²) in [4.78, 5) is 18.0. The van der Waals surface area contributed by atoms with Gasteiger partial charge in [-0.15, -0.1) is 24.0 Å². The van der Waals surface area contributed by atoms with Crippen LogP contribution in [0.25, 0.3) is 0 Å². The van der Waals surface area contributed by atoms with Crippen LogP contribution in [-0.2, 0) is 14.3 Å². The van der Waals surface area contributed by atoms with E-state index in [1.165, 1.54) is 7.11 Å². The van der Waals surface area contributed by atoms with Crippen molar-refractivity contribution < 1.29 is 14.3 Å². The van der Waals surface area contributed by atoms with Gasteiger partial charge in [0.1, 0.15) is 0 Å². The van der Waals surface area contributed by atoms with Gasteiger partial charge >= 0.3 is 5.97 Å². The van der Waals surface area contributed by atoms with E-state index >= 15 is 0 Å². The normalized spacial score (nSPS) is 15.8. The number of halogens is 1. The Morgan fingerprint density at radius 2 is 2.05 bits per heavy atom. The van der Waals surface area contributed by atoms with Gasteiger partial charge in [0.2, 0.25) is 0 Å². The molecule has 0 amide bonds. The van der Waals surface area contributed by atoms with Gasteiger partial charge in [-0.2, -0.15) is 0 Å². The second-order valence-electron chi connectivity index (χ2n) is 4.82. The quantitative estimate of drug-likeness (QED) is 0.192. The first kappa shape index (κ1) is 21.4. The standard InChI is InChI=1S/C14H28N4O3.HI/c1-3-15-14(17-7-5-13(19)20-2)16-6-4-8-18-9-11-21-12-10-18;/h3-12H2,1-2H3,(H2,15,16,17);1H. The minimum atomic E-state index is -0.217. The van der Waals surface area contributed by atoms with Gasteiger partial charge in [0, 0.05) is 39.3 Å². The van der Waals surface area contributed by atoms with Crippen molar-refractivity contribution >= 4 is 35.9 Å². The molecule has 0 aromatic carbocycles. The lowest BCUT2D eigenvalue weighted by Gasteiger charge is -2.26. The van der Waals surface area contributed by atoms with Crippen LogP contribution in [0.3, 0.4) is 0 Å². The van der Waals surface area contributed by atoms with Crippen LogP contribution in [0.1, 0.15) is 19.8 Å². The molecule has 7 nitrogen and oxygen atoms in total. The van der Waals surface area contributed by atoms with E-state index in [1.807, 2.05) is 6.92 Å². The molecule has 0 bridgehead atoms. The van der Waals surface area contributed by atoms with Crippen molar-refractivity contribution in [2.75, 3.05) is 59.6 Å². The highest BCUT2D eigenvalue weighted by Gasteiger charge is 2.09. The van der Waals surface area contributed by atoms with Gasteiger partial charge in [-0.05, 0) is 13.3 Å². The molecule has 1 rings (SSSR count). The molecule has 0 atom stereocenters. The zero-order valence-corrected chi connectivity index (χ0v) is 15.9. The van der Waals surface area contributed by atoms with Gasteiger partial charge in [-0.3, -0.25) is 14.7 Å². The fourth-order valence-corrected chi connectivity index (χ4v) is 2.04. The van der Waals surface area contributed by atoms with Crippen molar-refractivity contribution in [3.05, 3.63) is 0 Å². The van der Waals surface area contributed by atoms with Crippen molar-refractivity contribution in [2.45, 2.75) is 19.8 Å². The summed E-state index contributed by atoms with van der Waals surface area (Å²) in [6.07, 6.45) is 1.36. The van der Waals surface area contributed by atoms with Crippen LogP contribution >= 0.6 is 24.0 Å². The number of methoxy groups -OCH3 is 1. The Morgan fingerprint density at radius 3 is 2.68 bits per heavy atom. The Bertz CT molecular complexity index is 323. The van der Waals surface area contributed by atoms with Gasteiger partial charge < -0.3 is 20.1 Å². The number of hydrogen-bond donors (Lipinski definition) is 2. The molecule has 0 spiro atoms. The predicted molar refractivity (Wildman–Crippen MR) is 97.9 cm³/mol. The second kappa shape index (κ2) is 14.0. The highest BCUT2D eigenvalue weighted by Crippen LogP contribution is 1.98. The van der Waals surface area contributed by atoms with Gasteiger partial charge in [0.15, 0.2) is 5.96 Å². The zero-order chi connectivity index (χ0) is 15.3. The van der Waals surface area contributed by atoms with Gasteiger partial charge in [0.25, 0.3) is 0 Å². The van der Waals surface area contributed by atoms with Crippen LogP contribution < -0.4 is 10.6 Å². The van der Waals surface area contributed by atoms with E-state index in [4.69, 9.17) is 4.74 Å². The monoisotopic (exact) mass is 428 g/mol. The smallest absolute Gasteiger partial charge is 0.307 e. The Kier molecular flexibility index (Phi) is 13.6. The summed E-state index contributed by atoms with van der Waals surface area (Å²) in [6, 6.07) is 0. The maximum atomic E-state index is 11.0.